The zero-order chi connectivity index (χ0) is 16.4. The van der Waals surface area contributed by atoms with Gasteiger partial charge >= 0.3 is 6.36 Å². The number of hydrogen-bond acceptors (Lipinski definition) is 2. The summed E-state index contributed by atoms with van der Waals surface area (Å²) < 4.78 is 40.7. The molecule has 0 fully saturated rings. The summed E-state index contributed by atoms with van der Waals surface area (Å²) in [6, 6.07) is 13.0. The Hall–Kier alpha value is -2.56. The van der Waals surface area contributed by atoms with Gasteiger partial charge in [-0.05, 0) is 42.2 Å². The molecule has 0 spiro atoms. The number of Topliss-reactive ketones (excluding diaryl/α,β-unsaturated/α-hetero) is 1. The Balaban J connectivity index is 1.88. The molecule has 2 nitrogen and oxygen atoms in total. The van der Waals surface area contributed by atoms with E-state index < -0.39 is 6.36 Å². The van der Waals surface area contributed by atoms with E-state index in [0.717, 1.165) is 12.0 Å². The maximum Gasteiger partial charge on any atom is 0.573 e. The van der Waals surface area contributed by atoms with Crippen molar-refractivity contribution in [1.29, 1.82) is 0 Å². The molecule has 0 N–H and O–H groups in total. The van der Waals surface area contributed by atoms with Crippen molar-refractivity contribution in [2.45, 2.75) is 19.2 Å². The fraction of sp³-hybridized carbons (Fsp3) is 0.167. The van der Waals surface area contributed by atoms with Gasteiger partial charge in [0.15, 0.2) is 5.78 Å². The minimum Gasteiger partial charge on any atom is -0.406 e. The van der Waals surface area contributed by atoms with Crippen LogP contribution >= 0.6 is 0 Å². The largest absolute Gasteiger partial charge is 0.573 e. The molecule has 2 aromatic carbocycles. The van der Waals surface area contributed by atoms with Crippen LogP contribution in [0.3, 0.4) is 0 Å². The lowest BCUT2D eigenvalue weighted by Gasteiger charge is -2.17. The topological polar surface area (TPSA) is 26.3 Å². The number of ketones is 1. The van der Waals surface area contributed by atoms with Crippen molar-refractivity contribution < 1.29 is 22.7 Å². The predicted molar refractivity (Wildman–Crippen MR) is 80.2 cm³/mol. The van der Waals surface area contributed by atoms with Crippen LogP contribution in [0.25, 0.3) is 6.08 Å². The van der Waals surface area contributed by atoms with E-state index >= 15 is 0 Å². The normalized spacial score (nSPS) is 16.3. The van der Waals surface area contributed by atoms with Crippen LogP contribution in [0.1, 0.15) is 27.9 Å². The summed E-state index contributed by atoms with van der Waals surface area (Å²) in [6.07, 6.45) is -1.79. The van der Waals surface area contributed by atoms with Gasteiger partial charge in [0.1, 0.15) is 5.75 Å². The molecular weight excluding hydrogens is 305 g/mol. The quantitative estimate of drug-likeness (QED) is 0.744. The van der Waals surface area contributed by atoms with Gasteiger partial charge < -0.3 is 4.74 Å². The van der Waals surface area contributed by atoms with E-state index in [2.05, 4.69) is 4.74 Å². The number of rotatable bonds is 2. The monoisotopic (exact) mass is 318 g/mol. The first kappa shape index (κ1) is 15.3. The Labute approximate surface area is 131 Å². The maximum absolute atomic E-state index is 12.5. The molecular formula is C18H13F3O2. The number of allylic oxidation sites excluding steroid dienone is 1. The molecule has 0 bridgehead atoms. The first-order valence-electron chi connectivity index (χ1n) is 7.11. The molecule has 0 aliphatic heterocycles. The van der Waals surface area contributed by atoms with Crippen LogP contribution < -0.4 is 4.74 Å². The van der Waals surface area contributed by atoms with Gasteiger partial charge in [-0.2, -0.15) is 0 Å². The SMILES string of the molecule is O=C1C(=Cc2cccc(OC(F)(F)F)c2)CCc2ccccc21. The highest BCUT2D eigenvalue weighted by Gasteiger charge is 2.31. The number of aryl methyl sites for hydroxylation is 1. The van der Waals surface area contributed by atoms with Crippen molar-refractivity contribution in [3.63, 3.8) is 0 Å². The molecule has 118 valence electrons. The first-order chi connectivity index (χ1) is 10.9. The summed E-state index contributed by atoms with van der Waals surface area (Å²) >= 11 is 0. The van der Waals surface area contributed by atoms with Crippen molar-refractivity contribution >= 4 is 11.9 Å². The first-order valence-corrected chi connectivity index (χ1v) is 7.11. The van der Waals surface area contributed by atoms with Gasteiger partial charge in [0.05, 0.1) is 0 Å². The molecule has 2 aromatic rings. The van der Waals surface area contributed by atoms with Gasteiger partial charge in [-0.3, -0.25) is 4.79 Å². The molecule has 0 saturated heterocycles. The molecule has 1 aliphatic rings. The Morgan fingerprint density at radius 3 is 2.57 bits per heavy atom. The standard InChI is InChI=1S/C18H13F3O2/c19-18(20,21)23-15-6-3-4-12(11-15)10-14-9-8-13-5-1-2-7-16(13)17(14)22/h1-7,10-11H,8-9H2. The van der Waals surface area contributed by atoms with Crippen molar-refractivity contribution in [1.82, 2.24) is 0 Å². The van der Waals surface area contributed by atoms with Crippen LogP contribution in [0.2, 0.25) is 0 Å². The van der Waals surface area contributed by atoms with Gasteiger partial charge in [0.2, 0.25) is 0 Å². The van der Waals surface area contributed by atoms with Crippen LogP contribution in [-0.4, -0.2) is 12.1 Å². The van der Waals surface area contributed by atoms with Gasteiger partial charge in [0.25, 0.3) is 0 Å². The third kappa shape index (κ3) is 3.62. The second kappa shape index (κ2) is 5.91. The Kier molecular flexibility index (Phi) is 3.94. The van der Waals surface area contributed by atoms with E-state index in [4.69, 9.17) is 0 Å². The van der Waals surface area contributed by atoms with Crippen LogP contribution in [0.15, 0.2) is 54.1 Å². The number of halogens is 3. The summed E-state index contributed by atoms with van der Waals surface area (Å²) in [4.78, 5) is 12.5. The number of benzene rings is 2. The van der Waals surface area contributed by atoms with E-state index in [9.17, 15) is 18.0 Å². The smallest absolute Gasteiger partial charge is 0.406 e. The molecule has 0 amide bonds. The zero-order valence-electron chi connectivity index (χ0n) is 12.1. The number of carbonyl (C=O) groups is 1. The third-order valence-corrected chi connectivity index (χ3v) is 3.65. The zero-order valence-corrected chi connectivity index (χ0v) is 12.1. The molecule has 3 rings (SSSR count). The maximum atomic E-state index is 12.5. The third-order valence-electron chi connectivity index (χ3n) is 3.65. The summed E-state index contributed by atoms with van der Waals surface area (Å²) in [7, 11) is 0. The van der Waals surface area contributed by atoms with Crippen LogP contribution in [0.5, 0.6) is 5.75 Å². The average Bonchev–Trinajstić information content (AvgIpc) is 2.49. The Morgan fingerprint density at radius 2 is 1.78 bits per heavy atom. The lowest BCUT2D eigenvalue weighted by molar-refractivity contribution is -0.274. The van der Waals surface area contributed by atoms with Gasteiger partial charge in [-0.25, -0.2) is 0 Å². The minimum absolute atomic E-state index is 0.0750. The van der Waals surface area contributed by atoms with E-state index in [1.165, 1.54) is 18.2 Å². The summed E-state index contributed by atoms with van der Waals surface area (Å²) in [6.45, 7) is 0. The molecule has 0 atom stereocenters. The molecule has 0 unspecified atom stereocenters. The summed E-state index contributed by atoms with van der Waals surface area (Å²) in [5.41, 5.74) is 2.76. The van der Waals surface area contributed by atoms with E-state index in [1.54, 1.807) is 24.3 Å². The molecule has 23 heavy (non-hydrogen) atoms. The highest BCUT2D eigenvalue weighted by atomic mass is 19.4. The average molecular weight is 318 g/mol. The number of carbonyl (C=O) groups excluding carboxylic acids is 1. The highest BCUT2D eigenvalue weighted by Crippen LogP contribution is 2.28. The van der Waals surface area contributed by atoms with Crippen LogP contribution in [-0.2, 0) is 6.42 Å². The van der Waals surface area contributed by atoms with Gasteiger partial charge in [-0.1, -0.05) is 36.4 Å². The molecule has 0 aromatic heterocycles. The van der Waals surface area contributed by atoms with Crippen molar-refractivity contribution in [2.24, 2.45) is 0 Å². The summed E-state index contributed by atoms with van der Waals surface area (Å²) in [5, 5.41) is 0. The fourth-order valence-corrected chi connectivity index (χ4v) is 2.66. The van der Waals surface area contributed by atoms with E-state index in [-0.39, 0.29) is 11.5 Å². The summed E-state index contributed by atoms with van der Waals surface area (Å²) in [5.74, 6) is -0.371. The van der Waals surface area contributed by atoms with E-state index in [0.29, 0.717) is 23.1 Å². The Morgan fingerprint density at radius 1 is 1.00 bits per heavy atom. The number of fused-ring (bicyclic) bond motifs is 1. The number of alkyl halides is 3. The predicted octanol–water partition coefficient (Wildman–Crippen LogP) is 4.80. The molecule has 0 heterocycles. The lowest BCUT2D eigenvalue weighted by atomic mass is 9.86. The van der Waals surface area contributed by atoms with Crippen molar-refractivity contribution in [3.05, 3.63) is 70.8 Å². The molecule has 5 heteroatoms. The molecule has 0 radical (unpaired) electrons. The second-order valence-electron chi connectivity index (χ2n) is 5.28. The fourth-order valence-electron chi connectivity index (χ4n) is 2.66. The highest BCUT2D eigenvalue weighted by molar-refractivity contribution is 6.13. The van der Waals surface area contributed by atoms with Crippen LogP contribution in [0, 0.1) is 0 Å². The molecule has 1 aliphatic carbocycles. The van der Waals surface area contributed by atoms with Gasteiger partial charge in [-0.15, -0.1) is 13.2 Å². The molecule has 0 saturated carbocycles. The Bertz CT molecular complexity index is 776. The van der Waals surface area contributed by atoms with Crippen molar-refractivity contribution in [2.75, 3.05) is 0 Å². The van der Waals surface area contributed by atoms with Gasteiger partial charge in [0, 0.05) is 11.1 Å². The number of ether oxygens (including phenoxy) is 1. The minimum atomic E-state index is -4.73. The lowest BCUT2D eigenvalue weighted by Crippen LogP contribution is -2.17. The van der Waals surface area contributed by atoms with Crippen molar-refractivity contribution in [3.8, 4) is 5.75 Å². The van der Waals surface area contributed by atoms with E-state index in [1.807, 2.05) is 12.1 Å². The second-order valence-corrected chi connectivity index (χ2v) is 5.28. The number of hydrogen-bond donors (Lipinski definition) is 0. The van der Waals surface area contributed by atoms with Crippen LogP contribution in [0.4, 0.5) is 13.2 Å².